The van der Waals surface area contributed by atoms with Crippen LogP contribution in [0.5, 0.6) is 23.0 Å². The number of amides is 1. The van der Waals surface area contributed by atoms with Crippen molar-refractivity contribution in [2.75, 3.05) is 27.4 Å². The molecule has 14 heteroatoms. The number of carbonyl (C=O) groups is 4. The molecule has 2 aromatic rings. The molecule has 2 aromatic carbocycles. The maximum absolute atomic E-state index is 12.4. The summed E-state index contributed by atoms with van der Waals surface area (Å²) < 4.78 is 21.9. The van der Waals surface area contributed by atoms with Crippen LogP contribution >= 0.6 is 0 Å². The number of benzene rings is 2. The van der Waals surface area contributed by atoms with Crippen LogP contribution in [0, 0.1) is 0 Å². The zero-order chi connectivity index (χ0) is 28.7. The summed E-state index contributed by atoms with van der Waals surface area (Å²) in [6.45, 7) is 0.643. The number of carboxylic acids is 3. The largest absolute Gasteiger partial charge is 0.481 e. The van der Waals surface area contributed by atoms with Gasteiger partial charge in [-0.3, -0.25) is 14.4 Å². The van der Waals surface area contributed by atoms with Gasteiger partial charge in [0.05, 0.1) is 18.9 Å². The fraction of sp³-hybridized carbons (Fsp3) is 0.360. The van der Waals surface area contributed by atoms with Gasteiger partial charge < -0.3 is 49.6 Å². The van der Waals surface area contributed by atoms with E-state index in [2.05, 4.69) is 5.32 Å². The molecule has 0 fully saturated rings. The topological polar surface area (TPSA) is 201 Å². The molecular formula is C25H28N2O12. The van der Waals surface area contributed by atoms with Gasteiger partial charge in [0, 0.05) is 6.54 Å². The summed E-state index contributed by atoms with van der Waals surface area (Å²) in [6.07, 6.45) is -3.25. The van der Waals surface area contributed by atoms with E-state index in [0.717, 1.165) is 17.1 Å². The zero-order valence-corrected chi connectivity index (χ0v) is 21.0. The van der Waals surface area contributed by atoms with E-state index in [0.29, 0.717) is 18.0 Å². The predicted octanol–water partition coefficient (Wildman–Crippen LogP) is 0.683. The van der Waals surface area contributed by atoms with E-state index < -0.39 is 42.6 Å². The quantitative estimate of drug-likeness (QED) is 0.278. The first-order valence-electron chi connectivity index (χ1n) is 11.5. The molecule has 0 aromatic heterocycles. The van der Waals surface area contributed by atoms with E-state index in [1.807, 2.05) is 49.3 Å². The number of hydrogen-bond donors (Lipinski definition) is 5. The lowest BCUT2D eigenvalue weighted by molar-refractivity contribution is -0.170. The zero-order valence-electron chi connectivity index (χ0n) is 21.0. The molecule has 1 amide bonds. The van der Waals surface area contributed by atoms with Crippen LogP contribution in [0.2, 0.25) is 0 Å². The molecule has 39 heavy (non-hydrogen) atoms. The number of hydrogen-bond acceptors (Lipinski definition) is 10. The third kappa shape index (κ3) is 7.49. The Morgan fingerprint density at radius 1 is 0.923 bits per heavy atom. The van der Waals surface area contributed by atoms with Crippen LogP contribution in [0.15, 0.2) is 42.5 Å². The average molecular weight is 549 g/mol. The Labute approximate surface area is 222 Å². The van der Waals surface area contributed by atoms with E-state index in [9.17, 15) is 19.2 Å². The van der Waals surface area contributed by atoms with Crippen LogP contribution in [0.4, 0.5) is 0 Å². The van der Waals surface area contributed by atoms with Crippen molar-refractivity contribution in [3.05, 3.63) is 48.0 Å². The van der Waals surface area contributed by atoms with Crippen molar-refractivity contribution in [2.24, 2.45) is 0 Å². The molecule has 4 rings (SSSR count). The van der Waals surface area contributed by atoms with Crippen molar-refractivity contribution in [2.45, 2.75) is 30.8 Å². The maximum Gasteiger partial charge on any atom is 0.336 e. The summed E-state index contributed by atoms with van der Waals surface area (Å²) in [5.74, 6) is -2.72. The van der Waals surface area contributed by atoms with Gasteiger partial charge in [0.2, 0.25) is 6.79 Å². The van der Waals surface area contributed by atoms with Crippen LogP contribution < -0.4 is 24.3 Å². The number of fused-ring (bicyclic) bond motifs is 2. The van der Waals surface area contributed by atoms with Gasteiger partial charge in [0.15, 0.2) is 28.6 Å². The monoisotopic (exact) mass is 548 g/mol. The van der Waals surface area contributed by atoms with Gasteiger partial charge in [-0.15, -0.1) is 0 Å². The molecule has 2 aliphatic heterocycles. The van der Waals surface area contributed by atoms with Crippen molar-refractivity contribution in [3.8, 4) is 23.0 Å². The fourth-order valence-electron chi connectivity index (χ4n) is 3.72. The summed E-state index contributed by atoms with van der Waals surface area (Å²) in [4.78, 5) is 45.0. The highest BCUT2D eigenvalue weighted by Gasteiger charge is 2.40. The number of carbonyl (C=O) groups excluding carboxylic acids is 1. The van der Waals surface area contributed by atoms with Crippen LogP contribution in [-0.4, -0.2) is 88.5 Å². The number of likely N-dealkylation sites (N-methyl/N-ethyl adjacent to an activating group) is 1. The molecule has 0 aliphatic carbocycles. The number of rotatable bonds is 10. The molecule has 210 valence electrons. The molecule has 0 saturated carbocycles. The van der Waals surface area contributed by atoms with Gasteiger partial charge in [-0.1, -0.05) is 18.2 Å². The van der Waals surface area contributed by atoms with Gasteiger partial charge in [-0.2, -0.15) is 0 Å². The number of para-hydroxylation sites is 2. The molecule has 5 N–H and O–H groups in total. The lowest BCUT2D eigenvalue weighted by Crippen LogP contribution is -2.43. The van der Waals surface area contributed by atoms with Gasteiger partial charge >= 0.3 is 30.1 Å². The standard InChI is InChI=1S/C19H20N2O5.C6H8O7/c1-21(2)13(12-7-8-14-17(9-12)24-11-23-14)10-20-18(22)19-25-15-5-3-4-6-16(15)26-19;7-3(8)1-6(13,5(11)12)2-4(9)10/h3-9,13,19H,10-11H2,1-2H3,(H,20,22);13H,1-2H2,(H,7,8)(H,9,10)(H,11,12). The Morgan fingerprint density at radius 3 is 2.00 bits per heavy atom. The van der Waals surface area contributed by atoms with Gasteiger partial charge in [0.25, 0.3) is 0 Å². The minimum Gasteiger partial charge on any atom is -0.481 e. The fourth-order valence-corrected chi connectivity index (χ4v) is 3.72. The Morgan fingerprint density at radius 2 is 1.49 bits per heavy atom. The van der Waals surface area contributed by atoms with E-state index in [4.69, 9.17) is 39.4 Å². The number of nitrogens with zero attached hydrogens (tertiary/aromatic N) is 1. The van der Waals surface area contributed by atoms with Crippen LogP contribution in [0.25, 0.3) is 0 Å². The van der Waals surface area contributed by atoms with Gasteiger partial charge in [-0.25, -0.2) is 4.79 Å². The predicted molar refractivity (Wildman–Crippen MR) is 131 cm³/mol. The highest BCUT2D eigenvalue weighted by atomic mass is 16.7. The second-order valence-electron chi connectivity index (χ2n) is 8.83. The second-order valence-corrected chi connectivity index (χ2v) is 8.83. The van der Waals surface area contributed by atoms with Crippen molar-refractivity contribution in [3.63, 3.8) is 0 Å². The maximum atomic E-state index is 12.4. The SMILES string of the molecule is CN(C)C(CNC(=O)C1Oc2ccccc2O1)c1ccc2c(c1)OCO2.O=C(O)CC(O)(CC(=O)O)C(=O)O. The molecule has 0 bridgehead atoms. The first kappa shape index (κ1) is 29.0. The van der Waals surface area contributed by atoms with E-state index in [1.54, 1.807) is 12.1 Å². The summed E-state index contributed by atoms with van der Waals surface area (Å²) in [7, 11) is 3.92. The molecule has 14 nitrogen and oxygen atoms in total. The summed E-state index contributed by atoms with van der Waals surface area (Å²) in [5, 5.41) is 36.7. The summed E-state index contributed by atoms with van der Waals surface area (Å²) in [5.41, 5.74) is -1.71. The highest BCUT2D eigenvalue weighted by molar-refractivity contribution is 5.88. The molecule has 0 spiro atoms. The molecule has 0 saturated heterocycles. The number of aliphatic hydroxyl groups is 1. The summed E-state index contributed by atoms with van der Waals surface area (Å²) >= 11 is 0. The van der Waals surface area contributed by atoms with Crippen LogP contribution in [-0.2, 0) is 19.2 Å². The molecule has 2 heterocycles. The normalized spacial score (nSPS) is 14.3. The smallest absolute Gasteiger partial charge is 0.336 e. The lowest BCUT2D eigenvalue weighted by atomic mass is 9.96. The van der Waals surface area contributed by atoms with Crippen LogP contribution in [0.1, 0.15) is 24.4 Å². The number of ether oxygens (including phenoxy) is 4. The minimum absolute atomic E-state index is 0.0303. The Balaban J connectivity index is 0.000000276. The average Bonchev–Trinajstić information content (AvgIpc) is 3.50. The first-order valence-corrected chi connectivity index (χ1v) is 11.5. The van der Waals surface area contributed by atoms with Gasteiger partial charge in [0.1, 0.15) is 0 Å². The van der Waals surface area contributed by atoms with Crippen molar-refractivity contribution < 1.29 is 58.6 Å². The Hall–Kier alpha value is -4.56. The molecule has 0 radical (unpaired) electrons. The second kappa shape index (κ2) is 12.3. The first-order chi connectivity index (χ1) is 18.4. The minimum atomic E-state index is -2.74. The van der Waals surface area contributed by atoms with E-state index in [-0.39, 0.29) is 18.7 Å². The number of nitrogens with one attached hydrogen (secondary N) is 1. The molecule has 1 unspecified atom stereocenters. The Bertz CT molecular complexity index is 1190. The molecule has 2 aliphatic rings. The molecular weight excluding hydrogens is 520 g/mol. The lowest BCUT2D eigenvalue weighted by Gasteiger charge is -2.25. The third-order valence-corrected chi connectivity index (χ3v) is 5.69. The number of aliphatic carboxylic acids is 3. The number of carboxylic acid groups (broad SMARTS) is 3. The van der Waals surface area contributed by atoms with Gasteiger partial charge in [-0.05, 0) is 43.9 Å². The summed E-state index contributed by atoms with van der Waals surface area (Å²) in [6, 6.07) is 13.0. The molecule has 1 atom stereocenters. The van der Waals surface area contributed by atoms with Crippen LogP contribution in [0.3, 0.4) is 0 Å². The van der Waals surface area contributed by atoms with E-state index in [1.165, 1.54) is 0 Å². The van der Waals surface area contributed by atoms with Crippen molar-refractivity contribution >= 4 is 23.8 Å². The van der Waals surface area contributed by atoms with Crippen molar-refractivity contribution in [1.29, 1.82) is 0 Å². The Kier molecular flexibility index (Phi) is 9.16. The van der Waals surface area contributed by atoms with Crippen molar-refractivity contribution in [1.82, 2.24) is 10.2 Å². The van der Waals surface area contributed by atoms with E-state index >= 15 is 0 Å². The highest BCUT2D eigenvalue weighted by Crippen LogP contribution is 2.36. The third-order valence-electron chi connectivity index (χ3n) is 5.69.